The summed E-state index contributed by atoms with van der Waals surface area (Å²) in [6, 6.07) is 184. The molecule has 32 aromatic rings. The van der Waals surface area contributed by atoms with Crippen molar-refractivity contribution in [2.45, 2.75) is 0 Å². The van der Waals surface area contributed by atoms with Crippen molar-refractivity contribution in [1.29, 1.82) is 0 Å². The molecule has 0 aliphatic rings. The van der Waals surface area contributed by atoms with E-state index < -0.39 is 0 Å². The van der Waals surface area contributed by atoms with Gasteiger partial charge in [0.1, 0.15) is 44.7 Å². The molecule has 0 saturated carbocycles. The first kappa shape index (κ1) is 83.5. The van der Waals surface area contributed by atoms with Gasteiger partial charge in [-0.25, -0.2) is 0 Å². The summed E-state index contributed by atoms with van der Waals surface area (Å²) in [7, 11) is 0. The van der Waals surface area contributed by atoms with Crippen LogP contribution in [-0.2, 0) is 0 Å². The van der Waals surface area contributed by atoms with Crippen LogP contribution >= 0.6 is 11.3 Å². The van der Waals surface area contributed by atoms with E-state index in [9.17, 15) is 0 Å². The fourth-order valence-corrected chi connectivity index (χ4v) is 24.3. The normalized spacial score (nSPS) is 11.9. The summed E-state index contributed by atoms with van der Waals surface area (Å²) in [6.07, 6.45) is 0. The van der Waals surface area contributed by atoms with Crippen LogP contribution in [0.15, 0.2) is 527 Å². The lowest BCUT2D eigenvalue weighted by atomic mass is 9.92. The number of furan rings is 4. The van der Waals surface area contributed by atoms with Crippen molar-refractivity contribution < 1.29 is 17.7 Å². The molecule has 0 N–H and O–H groups in total. The van der Waals surface area contributed by atoms with Gasteiger partial charge >= 0.3 is 0 Å². The molecule has 0 unspecified atom stereocenters. The molecule has 0 atom stereocenters. The van der Waals surface area contributed by atoms with Crippen LogP contribution in [0.4, 0.5) is 0 Å². The summed E-state index contributed by atoms with van der Waals surface area (Å²) in [5.41, 5.74) is 37.7. The third-order valence-corrected chi connectivity index (χ3v) is 31.2. The molecule has 32 rings (SSSR count). The largest absolute Gasteiger partial charge is 0.456 e. The van der Waals surface area contributed by atoms with Gasteiger partial charge in [0.05, 0.1) is 44.1 Å². The van der Waals surface area contributed by atoms with E-state index in [0.717, 1.165) is 161 Å². The van der Waals surface area contributed by atoms with Gasteiger partial charge in [-0.2, -0.15) is 0 Å². The summed E-state index contributed by atoms with van der Waals surface area (Å²) < 4.78 is 37.0. The fraction of sp³-hybridized carbons (Fsp3) is 0. The molecule has 0 aliphatic heterocycles. The average Bonchev–Trinajstić information content (AvgIpc) is 1.56. The van der Waals surface area contributed by atoms with E-state index >= 15 is 0 Å². The van der Waals surface area contributed by atoms with E-state index in [2.05, 4.69) is 479 Å². The van der Waals surface area contributed by atoms with Gasteiger partial charge in [-0.1, -0.05) is 297 Å². The summed E-state index contributed by atoms with van der Waals surface area (Å²) in [5, 5.41) is 21.7. The maximum absolute atomic E-state index is 6.18. The highest BCUT2D eigenvalue weighted by molar-refractivity contribution is 7.25. The SMILES string of the molecule is c1cc(-c2cc(-n3c4ccccc4c4ccccc43)cc(-n3c4ccccc4c4ccccc43)c2)cc(-c2ccc3oc4ccccc4c3c2)c1.c1ccc2c(c1)oc1ccc(-c3cc(-c4ccc(-n5c6ccccc6c6ccccc65)cc4)cc(-c4ccc5oc6ccccc6c5c4)c3)cc12.c1ccc2c(c1)oc1ccc(-c3cc(-c4ccc5sc6ccccc6c5c4)cc(-n4c5ccccc5c5ccccc54)c3)cc12. The number of fused-ring (bicyclic) bond motifs is 27. The topological polar surface area (TPSA) is 72.3 Å². The molecule has 0 fully saturated rings. The standard InChI is InChI=1S/C48H30N2O.C48H29NO2.C42H25NOS/c1-6-19-43-37(14-1)38-15-2-7-20-44(38)49(43)35-27-34(28-36(30-35)50-45-21-8-3-16-39(45)40-17-4-9-22-46(40)50)32-13-11-12-31(26-32)33-24-25-48-42(29-33)41-18-5-10-23-47(41)51-48;1-5-13-43-37(9-1)38-10-2-6-14-44(38)49(43)36-21-17-30(18-22-36)33-25-34(31-19-23-47-41(28-31)39-11-3-7-15-45(39)50-47)27-35(26-33)32-20-24-48-42(29-32)40-12-4-8-16-46(40)51-48;1-5-13-37-31(9-1)32-10-2-6-14-38(32)43(37)30-22-28(26-17-19-40-35(24-26)33-11-3-7-15-39(33)44-40)21-29(23-30)27-18-20-42-36(25-27)34-12-4-8-16-41(34)45-42/h1-30H;1-29H;1-25H. The lowest BCUT2D eigenvalue weighted by Gasteiger charge is -2.16. The second-order valence-electron chi connectivity index (χ2n) is 38.5. The molecule has 0 aliphatic carbocycles. The predicted molar refractivity (Wildman–Crippen MR) is 617 cm³/mol. The van der Waals surface area contributed by atoms with Gasteiger partial charge in [0.15, 0.2) is 0 Å². The first-order valence-electron chi connectivity index (χ1n) is 50.0. The Morgan fingerprint density at radius 3 is 0.667 bits per heavy atom. The number of para-hydroxylation sites is 12. The second-order valence-corrected chi connectivity index (χ2v) is 39.5. The van der Waals surface area contributed by atoms with Crippen molar-refractivity contribution in [2.24, 2.45) is 0 Å². The Bertz CT molecular complexity index is 10400. The molecule has 686 valence electrons. The van der Waals surface area contributed by atoms with Crippen LogP contribution in [0.5, 0.6) is 0 Å². The van der Waals surface area contributed by atoms with Gasteiger partial charge in [0.25, 0.3) is 0 Å². The van der Waals surface area contributed by atoms with Crippen molar-refractivity contribution in [3.05, 3.63) is 510 Å². The van der Waals surface area contributed by atoms with Gasteiger partial charge in [-0.05, 0) is 290 Å². The van der Waals surface area contributed by atoms with Gasteiger partial charge < -0.3 is 35.9 Å². The number of benzene rings is 23. The molecule has 0 radical (unpaired) electrons. The van der Waals surface area contributed by atoms with Crippen LogP contribution < -0.4 is 0 Å². The first-order valence-corrected chi connectivity index (χ1v) is 50.8. The van der Waals surface area contributed by atoms with Crippen LogP contribution in [-0.4, -0.2) is 18.3 Å². The summed E-state index contributed by atoms with van der Waals surface area (Å²) in [6.45, 7) is 0. The van der Waals surface area contributed by atoms with Crippen LogP contribution in [0.3, 0.4) is 0 Å². The molecular formula is C138H84N4O4S. The van der Waals surface area contributed by atoms with Crippen LogP contribution in [0, 0.1) is 0 Å². The Hall–Kier alpha value is -19.3. The van der Waals surface area contributed by atoms with Crippen molar-refractivity contribution >= 4 is 206 Å². The maximum atomic E-state index is 6.18. The Morgan fingerprint density at radius 2 is 0.327 bits per heavy atom. The highest BCUT2D eigenvalue weighted by Crippen LogP contribution is 2.48. The molecule has 8 nitrogen and oxygen atoms in total. The molecule has 0 amide bonds. The number of rotatable bonds is 11. The van der Waals surface area contributed by atoms with E-state index in [0.29, 0.717) is 0 Å². The van der Waals surface area contributed by atoms with E-state index in [1.165, 1.54) is 135 Å². The number of hydrogen-bond donors (Lipinski definition) is 0. The first-order chi connectivity index (χ1) is 72.8. The lowest BCUT2D eigenvalue weighted by Crippen LogP contribution is -2.00. The van der Waals surface area contributed by atoms with Gasteiger partial charge in [-0.3, -0.25) is 0 Å². The second kappa shape index (κ2) is 33.7. The molecule has 0 bridgehead atoms. The average molecular weight is 1890 g/mol. The molecule has 23 aromatic carbocycles. The number of thiophene rings is 1. The Morgan fingerprint density at radius 1 is 0.116 bits per heavy atom. The highest BCUT2D eigenvalue weighted by Gasteiger charge is 2.24. The molecule has 9 heteroatoms. The summed E-state index contributed by atoms with van der Waals surface area (Å²) >= 11 is 1.86. The molecule has 147 heavy (non-hydrogen) atoms. The third-order valence-electron chi connectivity index (χ3n) is 30.1. The van der Waals surface area contributed by atoms with Gasteiger partial charge in [0.2, 0.25) is 0 Å². The minimum atomic E-state index is 0.897. The van der Waals surface area contributed by atoms with Gasteiger partial charge in [0, 0.05) is 129 Å². The van der Waals surface area contributed by atoms with Crippen LogP contribution in [0.2, 0.25) is 0 Å². The molecule has 0 spiro atoms. The lowest BCUT2D eigenvalue weighted by molar-refractivity contribution is 0.668. The predicted octanol–water partition coefficient (Wildman–Crippen LogP) is 39.1. The van der Waals surface area contributed by atoms with E-state index in [1.807, 2.05) is 59.9 Å². The number of nitrogens with zero attached hydrogens (tertiary/aromatic N) is 4. The minimum Gasteiger partial charge on any atom is -0.456 e. The quantitative estimate of drug-likeness (QED) is 0.129. The third kappa shape index (κ3) is 13.9. The van der Waals surface area contributed by atoms with E-state index in [1.54, 1.807) is 0 Å². The van der Waals surface area contributed by atoms with E-state index in [-0.39, 0.29) is 0 Å². The molecule has 0 saturated heterocycles. The summed E-state index contributed by atoms with van der Waals surface area (Å²) in [5.74, 6) is 0. The zero-order valence-electron chi connectivity index (χ0n) is 79.3. The molecular weight excluding hydrogens is 1810 g/mol. The van der Waals surface area contributed by atoms with E-state index in [4.69, 9.17) is 17.7 Å². The van der Waals surface area contributed by atoms with Crippen LogP contribution in [0.1, 0.15) is 0 Å². The van der Waals surface area contributed by atoms with Gasteiger partial charge in [-0.15, -0.1) is 11.3 Å². The zero-order valence-corrected chi connectivity index (χ0v) is 80.1. The fourth-order valence-electron chi connectivity index (χ4n) is 23.2. The number of aromatic nitrogens is 4. The zero-order chi connectivity index (χ0) is 96.4. The van der Waals surface area contributed by atoms with Crippen molar-refractivity contribution in [1.82, 2.24) is 18.3 Å². The highest BCUT2D eigenvalue weighted by atomic mass is 32.1. The smallest absolute Gasteiger partial charge is 0.135 e. The van der Waals surface area contributed by atoms with Crippen molar-refractivity contribution in [2.75, 3.05) is 0 Å². The van der Waals surface area contributed by atoms with Crippen molar-refractivity contribution in [3.63, 3.8) is 0 Å². The van der Waals surface area contributed by atoms with Crippen molar-refractivity contribution in [3.8, 4) is 101 Å². The number of hydrogen-bond acceptors (Lipinski definition) is 5. The molecule has 9 aromatic heterocycles. The molecule has 9 heterocycles. The maximum Gasteiger partial charge on any atom is 0.135 e. The Kier molecular flexibility index (Phi) is 19.1. The minimum absolute atomic E-state index is 0.897. The monoisotopic (exact) mass is 1890 g/mol. The Labute approximate surface area is 846 Å². The van der Waals surface area contributed by atoms with Crippen LogP contribution in [0.25, 0.3) is 296 Å². The Balaban J connectivity index is 0.000000102. The summed E-state index contributed by atoms with van der Waals surface area (Å²) in [4.78, 5) is 0.